The first kappa shape index (κ1) is 43.2. The molecule has 6 heteroatoms. The van der Waals surface area contributed by atoms with Crippen molar-refractivity contribution in [3.63, 3.8) is 0 Å². The van der Waals surface area contributed by atoms with E-state index in [2.05, 4.69) is 279 Å². The van der Waals surface area contributed by atoms with E-state index in [-0.39, 0.29) is 6.71 Å². The van der Waals surface area contributed by atoms with E-state index < -0.39 is 0 Å². The van der Waals surface area contributed by atoms with E-state index >= 15 is 0 Å². The Bertz CT molecular complexity index is 5360. The van der Waals surface area contributed by atoms with Gasteiger partial charge in [-0.2, -0.15) is 5.26 Å². The Morgan fingerprint density at radius 1 is 0.272 bits per heavy atom. The predicted molar refractivity (Wildman–Crippen MR) is 339 cm³/mol. The molecule has 0 fully saturated rings. The minimum absolute atomic E-state index is 0.231. The summed E-state index contributed by atoms with van der Waals surface area (Å²) in [6, 6.07) is 96.7. The maximum atomic E-state index is 11.6. The topological polar surface area (TPSA) is 43.5 Å². The maximum Gasteiger partial charge on any atom is 0.244 e. The monoisotopic (exact) mass is 1020 g/mol. The molecule has 370 valence electrons. The fourth-order valence-electron chi connectivity index (χ4n) is 15.4. The number of nitrogens with zero attached hydrogens (tertiary/aromatic N) is 5. The second kappa shape index (κ2) is 15.7. The van der Waals surface area contributed by atoms with Gasteiger partial charge in [-0.15, -0.1) is 0 Å². The zero-order valence-electron chi connectivity index (χ0n) is 43.6. The number of para-hydroxylation sites is 8. The van der Waals surface area contributed by atoms with E-state index in [1.54, 1.807) is 0 Å². The minimum atomic E-state index is -0.231. The van der Waals surface area contributed by atoms with Crippen LogP contribution in [-0.2, 0) is 0 Å². The Labute approximate surface area is 464 Å². The Hall–Kier alpha value is -10.9. The van der Waals surface area contributed by atoms with E-state index in [9.17, 15) is 5.26 Å². The molecule has 17 aromatic rings. The van der Waals surface area contributed by atoms with Crippen LogP contribution in [0.3, 0.4) is 0 Å². The third kappa shape index (κ3) is 5.45. The summed E-state index contributed by atoms with van der Waals surface area (Å²) in [4.78, 5) is 0. The highest BCUT2D eigenvalue weighted by Crippen LogP contribution is 2.52. The van der Waals surface area contributed by atoms with Crippen LogP contribution < -0.4 is 16.4 Å². The van der Waals surface area contributed by atoms with Crippen LogP contribution in [0.2, 0.25) is 0 Å². The molecule has 0 saturated heterocycles. The van der Waals surface area contributed by atoms with Crippen molar-refractivity contribution >= 4 is 132 Å². The van der Waals surface area contributed by atoms with Crippen molar-refractivity contribution in [2.75, 3.05) is 0 Å². The van der Waals surface area contributed by atoms with Crippen molar-refractivity contribution < 1.29 is 0 Å². The molecule has 0 amide bonds. The van der Waals surface area contributed by atoms with Gasteiger partial charge in [-0.3, -0.25) is 0 Å². The van der Waals surface area contributed by atoms with Crippen molar-refractivity contribution in [2.24, 2.45) is 0 Å². The normalized spacial score (nSPS) is 12.7. The van der Waals surface area contributed by atoms with Gasteiger partial charge in [0.1, 0.15) is 0 Å². The van der Waals surface area contributed by atoms with Gasteiger partial charge in [-0.1, -0.05) is 162 Å². The van der Waals surface area contributed by atoms with Crippen molar-refractivity contribution in [1.82, 2.24) is 18.3 Å². The quantitative estimate of drug-likeness (QED) is 0.162. The summed E-state index contributed by atoms with van der Waals surface area (Å²) in [5, 5.41) is 26.1. The fourth-order valence-corrected chi connectivity index (χ4v) is 15.4. The molecule has 81 heavy (non-hydrogen) atoms. The average Bonchev–Trinajstić information content (AvgIpc) is 1.95. The molecular formula is C75H42BN5. The molecule has 0 unspecified atom stereocenters. The van der Waals surface area contributed by atoms with Gasteiger partial charge in [-0.25, -0.2) is 0 Å². The molecule has 5 nitrogen and oxygen atoms in total. The average molecular weight is 1020 g/mol. The van der Waals surface area contributed by atoms with Crippen LogP contribution in [0.1, 0.15) is 5.56 Å². The third-order valence-corrected chi connectivity index (χ3v) is 18.3. The van der Waals surface area contributed by atoms with Crippen LogP contribution in [0.5, 0.6) is 0 Å². The number of benzene rings is 13. The molecule has 0 atom stereocenters. The van der Waals surface area contributed by atoms with Gasteiger partial charge in [-0.05, 0) is 153 Å². The Balaban J connectivity index is 1.10. The van der Waals surface area contributed by atoms with Crippen LogP contribution in [-0.4, -0.2) is 25.0 Å². The lowest BCUT2D eigenvalue weighted by atomic mass is 9.30. The largest absolute Gasteiger partial charge is 0.309 e. The van der Waals surface area contributed by atoms with E-state index in [0.717, 1.165) is 67.0 Å². The third-order valence-electron chi connectivity index (χ3n) is 18.3. The summed E-state index contributed by atoms with van der Waals surface area (Å²) in [5.74, 6) is 0. The van der Waals surface area contributed by atoms with Crippen LogP contribution in [0, 0.1) is 11.3 Å². The Morgan fingerprint density at radius 3 is 0.901 bits per heavy atom. The van der Waals surface area contributed by atoms with Crippen molar-refractivity contribution in [3.05, 3.63) is 260 Å². The number of fused-ring (bicyclic) bond motifs is 20. The molecule has 4 aromatic heterocycles. The lowest BCUT2D eigenvalue weighted by Gasteiger charge is -2.35. The SMILES string of the molecule is N#Cc1cc2c3c(c1)-c1c4c(cc5c(c4cc4c1c1ccccc1n4-c1ccccc1)c1ccccc1n5-c1ccccc1)B3c1cc3c(c4cc5c(c-2c14)c1ccccc1n5-c1ccccc1)c1ccccc1n3-c1ccccc1. The molecule has 0 spiro atoms. The summed E-state index contributed by atoms with van der Waals surface area (Å²) in [5.41, 5.74) is 22.7. The van der Waals surface area contributed by atoms with Crippen molar-refractivity contribution in [2.45, 2.75) is 0 Å². The molecule has 0 aliphatic carbocycles. The van der Waals surface area contributed by atoms with E-state index in [1.165, 1.54) is 103 Å². The first-order valence-electron chi connectivity index (χ1n) is 27.9. The van der Waals surface area contributed by atoms with Crippen LogP contribution >= 0.6 is 0 Å². The van der Waals surface area contributed by atoms with Crippen LogP contribution in [0.4, 0.5) is 0 Å². The molecule has 0 bridgehead atoms. The fraction of sp³-hybridized carbons (Fsp3) is 0. The molecule has 0 N–H and O–H groups in total. The predicted octanol–water partition coefficient (Wildman–Crippen LogP) is 16.7. The van der Waals surface area contributed by atoms with Gasteiger partial charge in [0.05, 0.1) is 55.8 Å². The molecule has 0 saturated carbocycles. The van der Waals surface area contributed by atoms with Crippen molar-refractivity contribution in [3.8, 4) is 51.1 Å². The number of rotatable bonds is 4. The molecular weight excluding hydrogens is 982 g/mol. The zero-order chi connectivity index (χ0) is 52.8. The number of hydrogen-bond acceptors (Lipinski definition) is 1. The van der Waals surface area contributed by atoms with Gasteiger partial charge >= 0.3 is 0 Å². The molecule has 2 aliphatic heterocycles. The number of hydrogen-bond donors (Lipinski definition) is 0. The molecule has 6 heterocycles. The Morgan fingerprint density at radius 2 is 0.568 bits per heavy atom. The van der Waals surface area contributed by atoms with Gasteiger partial charge in [0, 0.05) is 65.8 Å². The summed E-state index contributed by atoms with van der Waals surface area (Å²) in [7, 11) is 0. The lowest BCUT2D eigenvalue weighted by molar-refractivity contribution is 1.18. The van der Waals surface area contributed by atoms with Crippen LogP contribution in [0.15, 0.2) is 255 Å². The van der Waals surface area contributed by atoms with E-state index in [1.807, 2.05) is 0 Å². The highest BCUT2D eigenvalue weighted by atomic mass is 15.0. The number of aromatic nitrogens is 4. The van der Waals surface area contributed by atoms with Crippen LogP contribution in [0.25, 0.3) is 154 Å². The minimum Gasteiger partial charge on any atom is -0.309 e. The van der Waals surface area contributed by atoms with E-state index in [0.29, 0.717) is 5.56 Å². The van der Waals surface area contributed by atoms with Crippen molar-refractivity contribution in [1.29, 1.82) is 5.26 Å². The first-order chi connectivity index (χ1) is 40.2. The summed E-state index contributed by atoms with van der Waals surface area (Å²) in [6.45, 7) is -0.231. The zero-order valence-corrected chi connectivity index (χ0v) is 43.6. The molecule has 19 rings (SSSR count). The second-order valence-electron chi connectivity index (χ2n) is 22.1. The Kier molecular flexibility index (Phi) is 8.35. The van der Waals surface area contributed by atoms with E-state index in [4.69, 9.17) is 0 Å². The van der Waals surface area contributed by atoms with Gasteiger partial charge in [0.2, 0.25) is 6.71 Å². The summed E-state index contributed by atoms with van der Waals surface area (Å²) in [6.07, 6.45) is 0. The number of nitriles is 1. The lowest BCUT2D eigenvalue weighted by Crippen LogP contribution is -2.57. The highest BCUT2D eigenvalue weighted by Gasteiger charge is 2.43. The van der Waals surface area contributed by atoms with Gasteiger partial charge in [0.25, 0.3) is 0 Å². The molecule has 0 radical (unpaired) electrons. The standard InChI is InChI=1S/C75H42BN5/c77-43-44-37-55-73-69-53(39-63-71(73)51-31-15-19-35-61(51)78(63)45-21-5-1-6-22-45)67-49-29-13-17-33-59(49)80(47-25-9-3-10-26-47)65(67)41-57(69)76-58-42-66-68(50-30-14-18-34-60(50)81(66)48-27-11-4-12-28-48)54-40-64-72(74(70(54)58)56(38-44)75(55)76)52-32-16-20-36-62(52)79(64)46-23-7-2-8-24-46/h1-42H. The maximum absolute atomic E-state index is 11.6. The smallest absolute Gasteiger partial charge is 0.244 e. The summed E-state index contributed by atoms with van der Waals surface area (Å²) >= 11 is 0. The second-order valence-corrected chi connectivity index (χ2v) is 22.1. The first-order valence-corrected chi connectivity index (χ1v) is 27.9. The summed E-state index contributed by atoms with van der Waals surface area (Å²) < 4.78 is 9.94. The van der Waals surface area contributed by atoms with Gasteiger partial charge in [0.15, 0.2) is 0 Å². The highest BCUT2D eigenvalue weighted by molar-refractivity contribution is 7.02. The molecule has 13 aromatic carbocycles. The van der Waals surface area contributed by atoms with Gasteiger partial charge < -0.3 is 18.3 Å². The molecule has 2 aliphatic rings.